The summed E-state index contributed by atoms with van der Waals surface area (Å²) in [5.74, 6) is 3.81. The average molecular weight is 309 g/mol. The smallest absolute Gasteiger partial charge is 0.121 e. The summed E-state index contributed by atoms with van der Waals surface area (Å²) in [4.78, 5) is 0.525. The van der Waals surface area contributed by atoms with Crippen molar-refractivity contribution >= 4 is 15.9 Å². The fourth-order valence-corrected chi connectivity index (χ4v) is 4.90. The SMILES string of the molecule is COc1ccc(C(Br)C2CC3CCC2C3)cc1C. The van der Waals surface area contributed by atoms with Crippen LogP contribution in [0.2, 0.25) is 0 Å². The van der Waals surface area contributed by atoms with Crippen LogP contribution < -0.4 is 4.74 Å². The highest BCUT2D eigenvalue weighted by molar-refractivity contribution is 9.09. The highest BCUT2D eigenvalue weighted by atomic mass is 79.9. The van der Waals surface area contributed by atoms with Crippen molar-refractivity contribution in [2.45, 2.75) is 37.4 Å². The van der Waals surface area contributed by atoms with Crippen LogP contribution in [0.25, 0.3) is 0 Å². The fraction of sp³-hybridized carbons (Fsp3) is 0.625. The van der Waals surface area contributed by atoms with Crippen molar-refractivity contribution < 1.29 is 4.74 Å². The minimum atomic E-state index is 0.525. The summed E-state index contributed by atoms with van der Waals surface area (Å²) in [6, 6.07) is 6.60. The molecule has 2 saturated carbocycles. The number of alkyl halides is 1. The molecule has 4 atom stereocenters. The molecule has 0 amide bonds. The number of ether oxygens (including phenoxy) is 1. The van der Waals surface area contributed by atoms with Crippen LogP contribution in [0.5, 0.6) is 5.75 Å². The first kappa shape index (κ1) is 12.5. The third-order valence-electron chi connectivity index (χ3n) is 4.91. The first-order valence-corrected chi connectivity index (χ1v) is 7.89. The van der Waals surface area contributed by atoms with Gasteiger partial charge >= 0.3 is 0 Å². The Labute approximate surface area is 118 Å². The Hall–Kier alpha value is -0.500. The van der Waals surface area contributed by atoms with Crippen molar-refractivity contribution in [2.75, 3.05) is 7.11 Å². The van der Waals surface area contributed by atoms with Crippen LogP contribution in [-0.2, 0) is 0 Å². The van der Waals surface area contributed by atoms with E-state index in [2.05, 4.69) is 41.1 Å². The zero-order valence-electron chi connectivity index (χ0n) is 11.2. The van der Waals surface area contributed by atoms with Gasteiger partial charge in [-0.3, -0.25) is 0 Å². The van der Waals surface area contributed by atoms with E-state index in [0.29, 0.717) is 4.83 Å². The standard InChI is InChI=1S/C16H21BrO/c1-10-7-13(5-6-15(10)18-2)16(17)14-9-11-3-4-12(14)8-11/h5-7,11-12,14,16H,3-4,8-9H2,1-2H3. The van der Waals surface area contributed by atoms with E-state index < -0.39 is 0 Å². The summed E-state index contributed by atoms with van der Waals surface area (Å²) in [6.07, 6.45) is 5.82. The van der Waals surface area contributed by atoms with Crippen LogP contribution >= 0.6 is 15.9 Å². The molecule has 1 aromatic carbocycles. The second kappa shape index (κ2) is 4.88. The molecule has 0 N–H and O–H groups in total. The van der Waals surface area contributed by atoms with Gasteiger partial charge in [-0.05, 0) is 61.1 Å². The maximum atomic E-state index is 5.34. The maximum Gasteiger partial charge on any atom is 0.121 e. The maximum absolute atomic E-state index is 5.34. The normalized spacial score (nSPS) is 31.6. The summed E-state index contributed by atoms with van der Waals surface area (Å²) in [7, 11) is 1.74. The number of rotatable bonds is 3. The second-order valence-electron chi connectivity index (χ2n) is 5.97. The molecular formula is C16H21BrO. The summed E-state index contributed by atoms with van der Waals surface area (Å²) in [5, 5.41) is 0. The van der Waals surface area contributed by atoms with Crippen molar-refractivity contribution in [3.63, 3.8) is 0 Å². The third kappa shape index (κ3) is 2.09. The van der Waals surface area contributed by atoms with Crippen LogP contribution in [0.1, 0.15) is 41.6 Å². The molecule has 18 heavy (non-hydrogen) atoms. The lowest BCUT2D eigenvalue weighted by Crippen LogP contribution is -2.15. The minimum absolute atomic E-state index is 0.525. The van der Waals surface area contributed by atoms with Crippen molar-refractivity contribution in [2.24, 2.45) is 17.8 Å². The Kier molecular flexibility index (Phi) is 3.40. The Morgan fingerprint density at radius 3 is 2.67 bits per heavy atom. The molecule has 0 radical (unpaired) electrons. The Morgan fingerprint density at radius 2 is 2.11 bits per heavy atom. The van der Waals surface area contributed by atoms with Gasteiger partial charge in [-0.25, -0.2) is 0 Å². The molecule has 0 heterocycles. The molecule has 0 saturated heterocycles. The molecule has 0 spiro atoms. The third-order valence-corrected chi connectivity index (χ3v) is 6.11. The summed E-state index contributed by atoms with van der Waals surface area (Å²) < 4.78 is 5.34. The zero-order chi connectivity index (χ0) is 12.7. The molecule has 2 fully saturated rings. The van der Waals surface area contributed by atoms with Crippen LogP contribution in [0.3, 0.4) is 0 Å². The Morgan fingerprint density at radius 1 is 1.28 bits per heavy atom. The highest BCUT2D eigenvalue weighted by Crippen LogP contribution is 2.55. The van der Waals surface area contributed by atoms with Crippen LogP contribution in [-0.4, -0.2) is 7.11 Å². The van der Waals surface area contributed by atoms with Gasteiger partial charge in [-0.1, -0.05) is 34.5 Å². The molecule has 3 rings (SSSR count). The molecule has 1 nitrogen and oxygen atoms in total. The number of aryl methyl sites for hydroxylation is 1. The van der Waals surface area contributed by atoms with Gasteiger partial charge in [-0.15, -0.1) is 0 Å². The Bertz CT molecular complexity index is 443. The van der Waals surface area contributed by atoms with Gasteiger partial charge < -0.3 is 4.74 Å². The van der Waals surface area contributed by atoms with Crippen LogP contribution in [0.4, 0.5) is 0 Å². The average Bonchev–Trinajstić information content (AvgIpc) is 3.00. The summed E-state index contributed by atoms with van der Waals surface area (Å²) in [5.41, 5.74) is 2.66. The van der Waals surface area contributed by atoms with E-state index in [-0.39, 0.29) is 0 Å². The lowest BCUT2D eigenvalue weighted by Gasteiger charge is -2.27. The molecule has 4 unspecified atom stereocenters. The van der Waals surface area contributed by atoms with E-state index in [4.69, 9.17) is 4.74 Å². The Balaban J connectivity index is 1.80. The van der Waals surface area contributed by atoms with E-state index >= 15 is 0 Å². The zero-order valence-corrected chi connectivity index (χ0v) is 12.7. The van der Waals surface area contributed by atoms with Crippen molar-refractivity contribution in [3.05, 3.63) is 29.3 Å². The van der Waals surface area contributed by atoms with E-state index in [1.165, 1.54) is 36.8 Å². The highest BCUT2D eigenvalue weighted by Gasteiger charge is 2.42. The first-order chi connectivity index (χ1) is 8.69. The number of halogens is 1. The number of fused-ring (bicyclic) bond motifs is 2. The van der Waals surface area contributed by atoms with Gasteiger partial charge in [0, 0.05) is 4.83 Å². The van der Waals surface area contributed by atoms with E-state index in [1.807, 2.05) is 0 Å². The number of hydrogen-bond acceptors (Lipinski definition) is 1. The van der Waals surface area contributed by atoms with Crippen molar-refractivity contribution in [1.29, 1.82) is 0 Å². The molecule has 2 bridgehead atoms. The quantitative estimate of drug-likeness (QED) is 0.723. The first-order valence-electron chi connectivity index (χ1n) is 6.97. The van der Waals surface area contributed by atoms with E-state index in [1.54, 1.807) is 7.11 Å². The van der Waals surface area contributed by atoms with Gasteiger partial charge in [0.15, 0.2) is 0 Å². The van der Waals surface area contributed by atoms with E-state index in [0.717, 1.165) is 23.5 Å². The van der Waals surface area contributed by atoms with Gasteiger partial charge in [0.05, 0.1) is 7.11 Å². The fourth-order valence-electron chi connectivity index (χ4n) is 3.97. The number of methoxy groups -OCH3 is 1. The molecule has 0 aliphatic heterocycles. The largest absolute Gasteiger partial charge is 0.496 e. The van der Waals surface area contributed by atoms with Gasteiger partial charge in [-0.2, -0.15) is 0 Å². The number of benzene rings is 1. The lowest BCUT2D eigenvalue weighted by atomic mass is 9.84. The second-order valence-corrected chi connectivity index (χ2v) is 6.96. The molecule has 2 heteroatoms. The molecule has 0 aromatic heterocycles. The molecule has 1 aromatic rings. The molecular weight excluding hydrogens is 288 g/mol. The van der Waals surface area contributed by atoms with E-state index in [9.17, 15) is 0 Å². The predicted octanol–water partition coefficient (Wildman–Crippen LogP) is 4.88. The lowest BCUT2D eigenvalue weighted by molar-refractivity contribution is 0.329. The number of hydrogen-bond donors (Lipinski definition) is 0. The monoisotopic (exact) mass is 308 g/mol. The van der Waals surface area contributed by atoms with Crippen LogP contribution in [0.15, 0.2) is 18.2 Å². The molecule has 2 aliphatic rings. The van der Waals surface area contributed by atoms with Gasteiger partial charge in [0.2, 0.25) is 0 Å². The van der Waals surface area contributed by atoms with Gasteiger partial charge in [0.1, 0.15) is 5.75 Å². The summed E-state index contributed by atoms with van der Waals surface area (Å²) in [6.45, 7) is 2.13. The predicted molar refractivity (Wildman–Crippen MR) is 78.3 cm³/mol. The molecule has 2 aliphatic carbocycles. The van der Waals surface area contributed by atoms with Crippen molar-refractivity contribution in [1.82, 2.24) is 0 Å². The molecule has 98 valence electrons. The summed E-state index contributed by atoms with van der Waals surface area (Å²) >= 11 is 3.95. The van der Waals surface area contributed by atoms with Crippen molar-refractivity contribution in [3.8, 4) is 5.75 Å². The topological polar surface area (TPSA) is 9.23 Å². The van der Waals surface area contributed by atoms with Crippen LogP contribution in [0, 0.1) is 24.7 Å². The van der Waals surface area contributed by atoms with Gasteiger partial charge in [0.25, 0.3) is 0 Å². The minimum Gasteiger partial charge on any atom is -0.496 e.